The highest BCUT2D eigenvalue weighted by molar-refractivity contribution is 5.83. The Bertz CT molecular complexity index is 937. The number of carbonyl (C=O) groups is 1. The molecule has 0 aliphatic carbocycles. The smallest absolute Gasteiger partial charge is 0.350 e. The predicted molar refractivity (Wildman–Crippen MR) is 114 cm³/mol. The maximum atomic E-state index is 13.3. The van der Waals surface area contributed by atoms with E-state index < -0.39 is 29.4 Å². The summed E-state index contributed by atoms with van der Waals surface area (Å²) in [5.41, 5.74) is -0.0736. The number of carbonyl (C=O) groups excluding carboxylic acids is 1. The SMILES string of the molecule is CC(C)(C)NC(=O)[C@@H]1C[C@H](c2ccn(C(C)(C)C)n2)[C@H](c2cccc(C(F)(F)F)c2)N1. The van der Waals surface area contributed by atoms with Gasteiger partial charge in [-0.15, -0.1) is 0 Å². The molecule has 2 heterocycles. The van der Waals surface area contributed by atoms with Crippen LogP contribution in [0.5, 0.6) is 0 Å². The van der Waals surface area contributed by atoms with Gasteiger partial charge in [0, 0.05) is 23.7 Å². The number of rotatable bonds is 3. The van der Waals surface area contributed by atoms with Gasteiger partial charge in [0.15, 0.2) is 0 Å². The van der Waals surface area contributed by atoms with Crippen LogP contribution in [0, 0.1) is 0 Å². The Labute approximate surface area is 181 Å². The highest BCUT2D eigenvalue weighted by Gasteiger charge is 2.41. The van der Waals surface area contributed by atoms with Gasteiger partial charge in [-0.2, -0.15) is 18.3 Å². The van der Waals surface area contributed by atoms with E-state index in [-0.39, 0.29) is 17.4 Å². The summed E-state index contributed by atoms with van der Waals surface area (Å²) in [6, 6.07) is 6.21. The maximum absolute atomic E-state index is 13.3. The summed E-state index contributed by atoms with van der Waals surface area (Å²) < 4.78 is 41.7. The summed E-state index contributed by atoms with van der Waals surface area (Å²) in [5, 5.41) is 10.9. The van der Waals surface area contributed by atoms with E-state index in [0.717, 1.165) is 17.8 Å². The lowest BCUT2D eigenvalue weighted by Gasteiger charge is -2.23. The van der Waals surface area contributed by atoms with E-state index in [0.29, 0.717) is 12.0 Å². The molecule has 0 spiro atoms. The maximum Gasteiger partial charge on any atom is 0.416 e. The molecular weight excluding hydrogens is 405 g/mol. The summed E-state index contributed by atoms with van der Waals surface area (Å²) in [6.45, 7) is 11.8. The van der Waals surface area contributed by atoms with Gasteiger partial charge in [-0.05, 0) is 71.7 Å². The minimum Gasteiger partial charge on any atom is -0.350 e. The monoisotopic (exact) mass is 436 g/mol. The third-order valence-corrected chi connectivity index (χ3v) is 5.34. The van der Waals surface area contributed by atoms with Crippen molar-refractivity contribution in [1.82, 2.24) is 20.4 Å². The molecule has 2 N–H and O–H groups in total. The molecule has 0 unspecified atom stereocenters. The van der Waals surface area contributed by atoms with Crippen molar-refractivity contribution < 1.29 is 18.0 Å². The summed E-state index contributed by atoms with van der Waals surface area (Å²) in [6.07, 6.45) is -2.11. The van der Waals surface area contributed by atoms with Crippen LogP contribution in [0.25, 0.3) is 0 Å². The second kappa shape index (κ2) is 7.97. The molecule has 3 atom stereocenters. The van der Waals surface area contributed by atoms with Crippen LogP contribution in [-0.4, -0.2) is 27.3 Å². The normalized spacial score (nSPS) is 22.5. The molecule has 3 rings (SSSR count). The van der Waals surface area contributed by atoms with Crippen LogP contribution in [0.1, 0.15) is 76.7 Å². The standard InChI is InChI=1S/C23H31F3N4O/c1-21(2,3)28-20(31)18-13-16(17-10-11-30(29-17)22(4,5)6)19(27-18)14-8-7-9-15(12-14)23(24,25)26/h7-12,16,18-19,27H,13H2,1-6H3,(H,28,31)/t16-,18+,19+/m1/s1. The third-order valence-electron chi connectivity index (χ3n) is 5.34. The average Bonchev–Trinajstić information content (AvgIpc) is 3.26. The van der Waals surface area contributed by atoms with E-state index >= 15 is 0 Å². The number of alkyl halides is 3. The van der Waals surface area contributed by atoms with Gasteiger partial charge < -0.3 is 5.32 Å². The summed E-state index contributed by atoms with van der Waals surface area (Å²) in [7, 11) is 0. The van der Waals surface area contributed by atoms with Gasteiger partial charge in [0.25, 0.3) is 0 Å². The van der Waals surface area contributed by atoms with Gasteiger partial charge in [0.05, 0.1) is 22.8 Å². The van der Waals surface area contributed by atoms with Crippen LogP contribution in [0.3, 0.4) is 0 Å². The Balaban J connectivity index is 1.97. The zero-order valence-electron chi connectivity index (χ0n) is 18.8. The molecule has 8 heteroatoms. The molecule has 1 aromatic heterocycles. The molecule has 2 aromatic rings. The van der Waals surface area contributed by atoms with Crippen LogP contribution in [0.2, 0.25) is 0 Å². The van der Waals surface area contributed by atoms with E-state index in [1.54, 1.807) is 6.07 Å². The fourth-order valence-electron chi connectivity index (χ4n) is 3.87. The van der Waals surface area contributed by atoms with Crippen molar-refractivity contribution in [3.8, 4) is 0 Å². The molecule has 1 aliphatic heterocycles. The predicted octanol–water partition coefficient (Wildman–Crippen LogP) is 4.76. The van der Waals surface area contributed by atoms with Crippen molar-refractivity contribution in [3.05, 3.63) is 53.3 Å². The van der Waals surface area contributed by atoms with Crippen molar-refractivity contribution in [1.29, 1.82) is 0 Å². The van der Waals surface area contributed by atoms with Gasteiger partial charge >= 0.3 is 6.18 Å². The zero-order valence-corrected chi connectivity index (χ0v) is 18.8. The lowest BCUT2D eigenvalue weighted by atomic mass is 9.90. The second-order valence-electron chi connectivity index (χ2n) is 10.3. The number of amides is 1. The van der Waals surface area contributed by atoms with Crippen molar-refractivity contribution in [2.75, 3.05) is 0 Å². The van der Waals surface area contributed by atoms with Crippen LogP contribution >= 0.6 is 0 Å². The fraction of sp³-hybridized carbons (Fsp3) is 0.565. The minimum absolute atomic E-state index is 0.165. The summed E-state index contributed by atoms with van der Waals surface area (Å²) in [5.74, 6) is -0.398. The first-order valence-corrected chi connectivity index (χ1v) is 10.5. The summed E-state index contributed by atoms with van der Waals surface area (Å²) >= 11 is 0. The van der Waals surface area contributed by atoms with E-state index in [1.165, 1.54) is 6.07 Å². The largest absolute Gasteiger partial charge is 0.416 e. The molecule has 1 aromatic carbocycles. The first-order valence-electron chi connectivity index (χ1n) is 10.5. The topological polar surface area (TPSA) is 59.0 Å². The Morgan fingerprint density at radius 3 is 2.35 bits per heavy atom. The molecule has 170 valence electrons. The van der Waals surface area contributed by atoms with Crippen molar-refractivity contribution in [3.63, 3.8) is 0 Å². The lowest BCUT2D eigenvalue weighted by Crippen LogP contribution is -2.48. The molecule has 5 nitrogen and oxygen atoms in total. The molecule has 0 radical (unpaired) electrons. The Kier molecular flexibility index (Phi) is 5.99. The molecule has 0 bridgehead atoms. The van der Waals surface area contributed by atoms with Gasteiger partial charge in [0.1, 0.15) is 0 Å². The van der Waals surface area contributed by atoms with Crippen LogP contribution in [0.4, 0.5) is 13.2 Å². The van der Waals surface area contributed by atoms with Crippen molar-refractivity contribution >= 4 is 5.91 Å². The molecule has 1 amide bonds. The number of hydrogen-bond acceptors (Lipinski definition) is 3. The number of nitrogens with zero attached hydrogens (tertiary/aromatic N) is 2. The molecule has 0 saturated carbocycles. The number of halogens is 3. The van der Waals surface area contributed by atoms with Gasteiger partial charge in [0.2, 0.25) is 5.91 Å². The number of aromatic nitrogens is 2. The molecule has 31 heavy (non-hydrogen) atoms. The first kappa shape index (κ1) is 23.3. The third kappa shape index (κ3) is 5.47. The zero-order chi connectivity index (χ0) is 23.2. The van der Waals surface area contributed by atoms with E-state index in [9.17, 15) is 18.0 Å². The average molecular weight is 437 g/mol. The number of hydrogen-bond donors (Lipinski definition) is 2. The first-order chi connectivity index (χ1) is 14.1. The fourth-order valence-corrected chi connectivity index (χ4v) is 3.87. The number of benzene rings is 1. The lowest BCUT2D eigenvalue weighted by molar-refractivity contribution is -0.137. The van der Waals surface area contributed by atoms with Gasteiger partial charge in [-0.3, -0.25) is 14.8 Å². The van der Waals surface area contributed by atoms with Crippen LogP contribution in [-0.2, 0) is 16.5 Å². The molecular formula is C23H31F3N4O. The van der Waals surface area contributed by atoms with Gasteiger partial charge in [-0.1, -0.05) is 12.1 Å². The van der Waals surface area contributed by atoms with E-state index in [2.05, 4.69) is 10.6 Å². The Morgan fingerprint density at radius 2 is 1.81 bits per heavy atom. The van der Waals surface area contributed by atoms with Crippen molar-refractivity contribution in [2.24, 2.45) is 0 Å². The molecule has 1 aliphatic rings. The molecule has 1 fully saturated rings. The van der Waals surface area contributed by atoms with Crippen molar-refractivity contribution in [2.45, 2.75) is 83.2 Å². The second-order valence-corrected chi connectivity index (χ2v) is 10.3. The number of nitrogens with one attached hydrogen (secondary N) is 2. The van der Waals surface area contributed by atoms with Crippen LogP contribution in [0.15, 0.2) is 36.5 Å². The highest BCUT2D eigenvalue weighted by atomic mass is 19.4. The Hall–Kier alpha value is -2.35. The van der Waals surface area contributed by atoms with Crippen LogP contribution < -0.4 is 10.6 Å². The summed E-state index contributed by atoms with van der Waals surface area (Å²) in [4.78, 5) is 12.8. The highest BCUT2D eigenvalue weighted by Crippen LogP contribution is 2.41. The van der Waals surface area contributed by atoms with Gasteiger partial charge in [-0.25, -0.2) is 0 Å². The quantitative estimate of drug-likeness (QED) is 0.730. The van der Waals surface area contributed by atoms with E-state index in [1.807, 2.05) is 58.5 Å². The molecule has 1 saturated heterocycles. The Morgan fingerprint density at radius 1 is 1.13 bits per heavy atom. The van der Waals surface area contributed by atoms with E-state index in [4.69, 9.17) is 5.10 Å². The minimum atomic E-state index is -4.43.